The van der Waals surface area contributed by atoms with Crippen LogP contribution in [0, 0.1) is 11.3 Å². The molecule has 106 valence electrons. The molecule has 0 heterocycles. The lowest BCUT2D eigenvalue weighted by molar-refractivity contribution is -0.115. The maximum atomic E-state index is 11.3. The summed E-state index contributed by atoms with van der Waals surface area (Å²) in [5.41, 5.74) is 1.07. The molecule has 0 aromatic heterocycles. The van der Waals surface area contributed by atoms with Crippen LogP contribution < -0.4 is 5.32 Å². The van der Waals surface area contributed by atoms with E-state index in [0.717, 1.165) is 30.5 Å². The van der Waals surface area contributed by atoms with E-state index in [0.29, 0.717) is 12.8 Å². The molecule has 0 saturated heterocycles. The smallest absolute Gasteiger partial charge is 0.224 e. The second-order valence-electron chi connectivity index (χ2n) is 5.42. The van der Waals surface area contributed by atoms with Crippen LogP contribution in [0.15, 0.2) is 24.3 Å². The minimum atomic E-state index is -0.592. The van der Waals surface area contributed by atoms with Gasteiger partial charge in [-0.15, -0.1) is 0 Å². The molecular weight excluding hydrogens is 252 g/mol. The van der Waals surface area contributed by atoms with Crippen molar-refractivity contribution in [2.75, 3.05) is 5.32 Å². The molecule has 2 atom stereocenters. The highest BCUT2D eigenvalue weighted by Gasteiger charge is 2.37. The molecule has 1 fully saturated rings. The molecule has 1 aliphatic rings. The summed E-state index contributed by atoms with van der Waals surface area (Å²) in [6.45, 7) is 1.80. The summed E-state index contributed by atoms with van der Waals surface area (Å²) in [6.07, 6.45) is 2.95. The van der Waals surface area contributed by atoms with Crippen LogP contribution in [-0.4, -0.2) is 17.1 Å². The number of hydrogen-bond acceptors (Lipinski definition) is 3. The summed E-state index contributed by atoms with van der Waals surface area (Å²) in [7, 11) is 0. The van der Waals surface area contributed by atoms with Gasteiger partial charge >= 0.3 is 0 Å². The van der Waals surface area contributed by atoms with Crippen molar-refractivity contribution in [3.63, 3.8) is 0 Å². The third kappa shape index (κ3) is 3.00. The van der Waals surface area contributed by atoms with Crippen molar-refractivity contribution in [1.82, 2.24) is 0 Å². The molecule has 0 spiro atoms. The summed E-state index contributed by atoms with van der Waals surface area (Å²) >= 11 is 0. The maximum absolute atomic E-state index is 11.3. The Hall–Kier alpha value is -1.86. The summed E-state index contributed by atoms with van der Waals surface area (Å²) < 4.78 is 0. The summed E-state index contributed by atoms with van der Waals surface area (Å²) in [6, 6.07) is 9.80. The van der Waals surface area contributed by atoms with Crippen LogP contribution in [0.4, 0.5) is 5.69 Å². The number of aliphatic hydroxyl groups excluding tert-OH is 1. The van der Waals surface area contributed by atoms with Crippen molar-refractivity contribution in [2.45, 2.75) is 50.5 Å². The molecule has 1 aromatic carbocycles. The molecule has 0 aliphatic heterocycles. The maximum Gasteiger partial charge on any atom is 0.224 e. The Kier molecular flexibility index (Phi) is 4.41. The number of aliphatic hydroxyl groups is 1. The Bertz CT molecular complexity index is 518. The number of hydrogen-bond donors (Lipinski definition) is 2. The Balaban J connectivity index is 2.19. The topological polar surface area (TPSA) is 73.1 Å². The predicted octanol–water partition coefficient (Wildman–Crippen LogP) is 2.73. The second kappa shape index (κ2) is 6.06. The fraction of sp³-hybridized carbons (Fsp3) is 0.500. The molecule has 0 bridgehead atoms. The predicted molar refractivity (Wildman–Crippen MR) is 77.1 cm³/mol. The van der Waals surface area contributed by atoms with Crippen molar-refractivity contribution in [3.05, 3.63) is 29.8 Å². The number of rotatable bonds is 3. The largest absolute Gasteiger partial charge is 0.393 e. The van der Waals surface area contributed by atoms with E-state index < -0.39 is 11.5 Å². The van der Waals surface area contributed by atoms with E-state index in [9.17, 15) is 15.2 Å². The normalized spacial score (nSPS) is 25.8. The number of carbonyl (C=O) groups excluding carboxylic acids is 1. The minimum absolute atomic E-state index is 0.0270. The first-order chi connectivity index (χ1) is 9.59. The third-order valence-corrected chi connectivity index (χ3v) is 3.98. The van der Waals surface area contributed by atoms with Crippen LogP contribution >= 0.6 is 0 Å². The van der Waals surface area contributed by atoms with Gasteiger partial charge in [0.1, 0.15) is 0 Å². The number of carbonyl (C=O) groups is 1. The van der Waals surface area contributed by atoms with Gasteiger partial charge in [0.15, 0.2) is 0 Å². The van der Waals surface area contributed by atoms with Crippen LogP contribution in [-0.2, 0) is 10.2 Å². The zero-order valence-electron chi connectivity index (χ0n) is 11.7. The molecule has 0 radical (unpaired) electrons. The van der Waals surface area contributed by atoms with Crippen LogP contribution in [0.2, 0.25) is 0 Å². The van der Waals surface area contributed by atoms with Crippen molar-refractivity contribution >= 4 is 11.6 Å². The Morgan fingerprint density at radius 1 is 1.50 bits per heavy atom. The van der Waals surface area contributed by atoms with Crippen LogP contribution in [0.1, 0.15) is 44.6 Å². The van der Waals surface area contributed by atoms with Gasteiger partial charge in [-0.05, 0) is 43.4 Å². The van der Waals surface area contributed by atoms with Crippen molar-refractivity contribution < 1.29 is 9.90 Å². The number of nitriles is 1. The fourth-order valence-corrected chi connectivity index (χ4v) is 2.80. The quantitative estimate of drug-likeness (QED) is 0.888. The van der Waals surface area contributed by atoms with Gasteiger partial charge in [-0.2, -0.15) is 5.26 Å². The highest BCUT2D eigenvalue weighted by Crippen LogP contribution is 2.39. The van der Waals surface area contributed by atoms with Gasteiger partial charge in [0.2, 0.25) is 5.91 Å². The lowest BCUT2D eigenvalue weighted by Crippen LogP contribution is -2.33. The first kappa shape index (κ1) is 14.5. The van der Waals surface area contributed by atoms with Gasteiger partial charge in [0.05, 0.1) is 17.6 Å². The fourth-order valence-electron chi connectivity index (χ4n) is 2.80. The van der Waals surface area contributed by atoms with Crippen LogP contribution in [0.25, 0.3) is 0 Å². The molecule has 1 amide bonds. The van der Waals surface area contributed by atoms with E-state index in [1.165, 1.54) is 0 Å². The number of anilines is 1. The number of benzene rings is 1. The monoisotopic (exact) mass is 272 g/mol. The van der Waals surface area contributed by atoms with E-state index in [4.69, 9.17) is 0 Å². The first-order valence-electron chi connectivity index (χ1n) is 7.09. The standard InChI is InChI=1S/C16H20N2O2/c1-2-15(20)18-13-7-5-12(6-8-13)16(11-17)9-3-4-14(19)10-16/h5-8,14,19H,2-4,9-10H2,1H3,(H,18,20). The third-order valence-electron chi connectivity index (χ3n) is 3.98. The van der Waals surface area contributed by atoms with E-state index in [2.05, 4.69) is 11.4 Å². The van der Waals surface area contributed by atoms with E-state index >= 15 is 0 Å². The van der Waals surface area contributed by atoms with Crippen molar-refractivity contribution in [3.8, 4) is 6.07 Å². The van der Waals surface area contributed by atoms with E-state index in [-0.39, 0.29) is 5.91 Å². The number of nitrogens with zero attached hydrogens (tertiary/aromatic N) is 1. The molecule has 4 heteroatoms. The van der Waals surface area contributed by atoms with Crippen LogP contribution in [0.5, 0.6) is 0 Å². The highest BCUT2D eigenvalue weighted by atomic mass is 16.3. The second-order valence-corrected chi connectivity index (χ2v) is 5.42. The average molecular weight is 272 g/mol. The zero-order valence-corrected chi connectivity index (χ0v) is 11.7. The van der Waals surface area contributed by atoms with Gasteiger partial charge in [0, 0.05) is 12.1 Å². The van der Waals surface area contributed by atoms with Crippen molar-refractivity contribution in [2.24, 2.45) is 0 Å². The summed E-state index contributed by atoms with van der Waals surface area (Å²) in [4.78, 5) is 11.3. The molecule has 20 heavy (non-hydrogen) atoms. The van der Waals surface area contributed by atoms with Gasteiger partial charge in [-0.3, -0.25) is 4.79 Å². The SMILES string of the molecule is CCC(=O)Nc1ccc(C2(C#N)CCCC(O)C2)cc1. The molecule has 2 unspecified atom stereocenters. The molecule has 2 N–H and O–H groups in total. The molecule has 4 nitrogen and oxygen atoms in total. The zero-order chi connectivity index (χ0) is 14.6. The van der Waals surface area contributed by atoms with Gasteiger partial charge in [0.25, 0.3) is 0 Å². The molecule has 1 saturated carbocycles. The average Bonchev–Trinajstić information content (AvgIpc) is 2.47. The highest BCUT2D eigenvalue weighted by molar-refractivity contribution is 5.90. The van der Waals surface area contributed by atoms with Gasteiger partial charge < -0.3 is 10.4 Å². The molecule has 1 aromatic rings. The van der Waals surface area contributed by atoms with Gasteiger partial charge in [-0.1, -0.05) is 19.1 Å². The Morgan fingerprint density at radius 2 is 2.20 bits per heavy atom. The first-order valence-corrected chi connectivity index (χ1v) is 7.09. The van der Waals surface area contributed by atoms with E-state index in [1.807, 2.05) is 24.3 Å². The molecule has 1 aliphatic carbocycles. The van der Waals surface area contributed by atoms with E-state index in [1.54, 1.807) is 6.92 Å². The summed E-state index contributed by atoms with van der Waals surface area (Å²) in [5, 5.41) is 22.2. The number of amides is 1. The lowest BCUT2D eigenvalue weighted by atomic mass is 9.69. The molecule has 2 rings (SSSR count). The minimum Gasteiger partial charge on any atom is -0.393 e. The Labute approximate surface area is 119 Å². The lowest BCUT2D eigenvalue weighted by Gasteiger charge is -2.34. The van der Waals surface area contributed by atoms with Gasteiger partial charge in [-0.25, -0.2) is 0 Å². The van der Waals surface area contributed by atoms with Crippen molar-refractivity contribution in [1.29, 1.82) is 5.26 Å². The van der Waals surface area contributed by atoms with Crippen LogP contribution in [0.3, 0.4) is 0 Å². The number of nitrogens with one attached hydrogen (secondary N) is 1. The molecular formula is C16H20N2O2. The Morgan fingerprint density at radius 3 is 2.75 bits per heavy atom. The summed E-state index contributed by atoms with van der Waals surface area (Å²) in [5.74, 6) is -0.0270.